The first-order valence-corrected chi connectivity index (χ1v) is 8.40. The Morgan fingerprint density at radius 2 is 2.14 bits per heavy atom. The van der Waals surface area contributed by atoms with Gasteiger partial charge in [0.15, 0.2) is 0 Å². The van der Waals surface area contributed by atoms with Crippen molar-refractivity contribution in [2.45, 2.75) is 46.0 Å². The minimum absolute atomic E-state index is 0.618. The number of aryl methyl sites for hydroxylation is 2. The van der Waals surface area contributed by atoms with Crippen LogP contribution in [0.1, 0.15) is 42.5 Å². The lowest BCUT2D eigenvalue weighted by atomic mass is 9.85. The maximum Gasteiger partial charge on any atom is 0.129 e. The number of fused-ring (bicyclic) bond motifs is 1. The summed E-state index contributed by atoms with van der Waals surface area (Å²) in [5.74, 6) is 2.40. The average Bonchev–Trinajstić information content (AvgIpc) is 2.98. The first-order valence-electron chi connectivity index (χ1n) is 8.40. The van der Waals surface area contributed by atoms with Crippen LogP contribution in [0.25, 0.3) is 0 Å². The second kappa shape index (κ2) is 6.84. The van der Waals surface area contributed by atoms with Crippen LogP contribution >= 0.6 is 0 Å². The van der Waals surface area contributed by atoms with Gasteiger partial charge in [-0.3, -0.25) is 0 Å². The molecular weight excluding hydrogens is 262 g/mol. The second-order valence-corrected chi connectivity index (χ2v) is 6.50. The minimum Gasteiger partial charge on any atom is -0.381 e. The molecule has 2 atom stereocenters. The highest BCUT2D eigenvalue weighted by Crippen LogP contribution is 2.27. The van der Waals surface area contributed by atoms with Crippen LogP contribution < -0.4 is 5.32 Å². The predicted octanol–water partition coefficient (Wildman–Crippen LogP) is 2.08. The molecule has 1 aliphatic heterocycles. The molecule has 2 unspecified atom stereocenters. The van der Waals surface area contributed by atoms with Crippen LogP contribution in [0.15, 0.2) is 0 Å². The lowest BCUT2D eigenvalue weighted by Crippen LogP contribution is -2.28. The molecule has 1 aliphatic carbocycles. The van der Waals surface area contributed by atoms with Crippen molar-refractivity contribution in [3.8, 4) is 0 Å². The van der Waals surface area contributed by atoms with Gasteiger partial charge >= 0.3 is 0 Å². The SMILES string of the molecule is CCNCC1CCc2nc(CC3CCOC3)nc(C)c2C1. The van der Waals surface area contributed by atoms with Crippen LogP contribution in [0.4, 0.5) is 0 Å². The van der Waals surface area contributed by atoms with E-state index in [9.17, 15) is 0 Å². The Kier molecular flexibility index (Phi) is 4.86. The third-order valence-electron chi connectivity index (χ3n) is 4.81. The molecule has 0 spiro atoms. The van der Waals surface area contributed by atoms with Crippen LogP contribution in [-0.4, -0.2) is 36.3 Å². The Hall–Kier alpha value is -1.00. The minimum atomic E-state index is 0.618. The molecule has 0 bridgehead atoms. The monoisotopic (exact) mass is 289 g/mol. The Morgan fingerprint density at radius 1 is 1.24 bits per heavy atom. The Morgan fingerprint density at radius 3 is 2.90 bits per heavy atom. The molecule has 3 rings (SSSR count). The number of nitrogens with zero attached hydrogens (tertiary/aromatic N) is 2. The maximum absolute atomic E-state index is 5.46. The third-order valence-corrected chi connectivity index (χ3v) is 4.81. The van der Waals surface area contributed by atoms with Crippen molar-refractivity contribution in [3.05, 3.63) is 22.8 Å². The van der Waals surface area contributed by atoms with Crippen molar-refractivity contribution in [3.63, 3.8) is 0 Å². The van der Waals surface area contributed by atoms with E-state index in [2.05, 4.69) is 19.2 Å². The highest BCUT2D eigenvalue weighted by molar-refractivity contribution is 5.28. The highest BCUT2D eigenvalue weighted by atomic mass is 16.5. The summed E-state index contributed by atoms with van der Waals surface area (Å²) in [4.78, 5) is 9.64. The molecule has 1 aromatic rings. The zero-order valence-corrected chi connectivity index (χ0v) is 13.3. The molecule has 1 fully saturated rings. The standard InChI is InChI=1S/C17H27N3O/c1-3-18-10-13-4-5-16-15(8-13)12(2)19-17(20-16)9-14-6-7-21-11-14/h13-14,18H,3-11H2,1-2H3. The van der Waals surface area contributed by atoms with Crippen LogP contribution in [0.3, 0.4) is 0 Å². The van der Waals surface area contributed by atoms with Gasteiger partial charge in [-0.15, -0.1) is 0 Å². The van der Waals surface area contributed by atoms with Crippen LogP contribution in [-0.2, 0) is 24.0 Å². The van der Waals surface area contributed by atoms with Gasteiger partial charge in [-0.25, -0.2) is 9.97 Å². The van der Waals surface area contributed by atoms with Gasteiger partial charge in [0.2, 0.25) is 0 Å². The number of aromatic nitrogens is 2. The second-order valence-electron chi connectivity index (χ2n) is 6.50. The molecule has 21 heavy (non-hydrogen) atoms. The molecule has 0 radical (unpaired) electrons. The summed E-state index contributed by atoms with van der Waals surface area (Å²) in [6.07, 6.45) is 5.64. The Balaban J connectivity index is 1.70. The molecule has 0 amide bonds. The fourth-order valence-corrected chi connectivity index (χ4v) is 3.54. The Labute approximate surface area is 127 Å². The summed E-state index contributed by atoms with van der Waals surface area (Å²) in [5, 5.41) is 3.47. The van der Waals surface area contributed by atoms with Crippen LogP contribution in [0, 0.1) is 18.8 Å². The van der Waals surface area contributed by atoms with Crippen molar-refractivity contribution in [2.24, 2.45) is 11.8 Å². The van der Waals surface area contributed by atoms with Gasteiger partial charge in [-0.2, -0.15) is 0 Å². The van der Waals surface area contributed by atoms with Crippen molar-refractivity contribution in [1.82, 2.24) is 15.3 Å². The quantitative estimate of drug-likeness (QED) is 0.901. The first-order chi connectivity index (χ1) is 10.3. The summed E-state index contributed by atoms with van der Waals surface area (Å²) in [6.45, 7) is 8.29. The number of hydrogen-bond acceptors (Lipinski definition) is 4. The van der Waals surface area contributed by atoms with E-state index < -0.39 is 0 Å². The fourth-order valence-electron chi connectivity index (χ4n) is 3.54. The van der Waals surface area contributed by atoms with E-state index in [-0.39, 0.29) is 0 Å². The number of rotatable bonds is 5. The smallest absolute Gasteiger partial charge is 0.129 e. The fraction of sp³-hybridized carbons (Fsp3) is 0.765. The van der Waals surface area contributed by atoms with E-state index >= 15 is 0 Å². The van der Waals surface area contributed by atoms with E-state index in [0.29, 0.717) is 5.92 Å². The van der Waals surface area contributed by atoms with Crippen molar-refractivity contribution in [2.75, 3.05) is 26.3 Å². The molecule has 116 valence electrons. The molecule has 1 saturated heterocycles. The zero-order valence-electron chi connectivity index (χ0n) is 13.3. The highest BCUT2D eigenvalue weighted by Gasteiger charge is 2.24. The lowest BCUT2D eigenvalue weighted by molar-refractivity contribution is 0.185. The van der Waals surface area contributed by atoms with Crippen molar-refractivity contribution < 1.29 is 4.74 Å². The molecule has 2 heterocycles. The van der Waals surface area contributed by atoms with Crippen LogP contribution in [0.5, 0.6) is 0 Å². The van der Waals surface area contributed by atoms with Crippen molar-refractivity contribution >= 4 is 0 Å². The summed E-state index contributed by atoms with van der Waals surface area (Å²) < 4.78 is 5.46. The predicted molar refractivity (Wildman–Crippen MR) is 83.5 cm³/mol. The van der Waals surface area contributed by atoms with Crippen molar-refractivity contribution in [1.29, 1.82) is 0 Å². The number of ether oxygens (including phenoxy) is 1. The van der Waals surface area contributed by atoms with E-state index in [1.165, 1.54) is 23.4 Å². The summed E-state index contributed by atoms with van der Waals surface area (Å²) in [7, 11) is 0. The van der Waals surface area contributed by atoms with E-state index in [4.69, 9.17) is 14.7 Å². The van der Waals surface area contributed by atoms with E-state index in [0.717, 1.165) is 63.7 Å². The lowest BCUT2D eigenvalue weighted by Gasteiger charge is -2.25. The molecular formula is C17H27N3O. The summed E-state index contributed by atoms with van der Waals surface area (Å²) in [5.41, 5.74) is 3.93. The zero-order chi connectivity index (χ0) is 14.7. The van der Waals surface area contributed by atoms with Gasteiger partial charge in [-0.05, 0) is 63.1 Å². The molecule has 2 aliphatic rings. The molecule has 1 N–H and O–H groups in total. The van der Waals surface area contributed by atoms with E-state index in [1.807, 2.05) is 0 Å². The summed E-state index contributed by atoms with van der Waals surface area (Å²) >= 11 is 0. The molecule has 4 heteroatoms. The molecule has 4 nitrogen and oxygen atoms in total. The molecule has 1 aromatic heterocycles. The Bertz CT molecular complexity index is 483. The van der Waals surface area contributed by atoms with Gasteiger partial charge < -0.3 is 10.1 Å². The number of hydrogen-bond donors (Lipinski definition) is 1. The van der Waals surface area contributed by atoms with Crippen LogP contribution in [0.2, 0.25) is 0 Å². The maximum atomic E-state index is 5.46. The third kappa shape index (κ3) is 3.61. The summed E-state index contributed by atoms with van der Waals surface area (Å²) in [6, 6.07) is 0. The topological polar surface area (TPSA) is 47.0 Å². The van der Waals surface area contributed by atoms with Gasteiger partial charge in [0.1, 0.15) is 5.82 Å². The van der Waals surface area contributed by atoms with E-state index in [1.54, 1.807) is 0 Å². The largest absolute Gasteiger partial charge is 0.381 e. The first kappa shape index (κ1) is 14.9. The normalized spacial score (nSPS) is 25.0. The average molecular weight is 289 g/mol. The number of nitrogens with one attached hydrogen (secondary N) is 1. The van der Waals surface area contributed by atoms with Gasteiger partial charge in [0.25, 0.3) is 0 Å². The van der Waals surface area contributed by atoms with Gasteiger partial charge in [-0.1, -0.05) is 6.92 Å². The van der Waals surface area contributed by atoms with Gasteiger partial charge in [0.05, 0.1) is 0 Å². The molecule has 0 aromatic carbocycles. The van der Waals surface area contributed by atoms with Gasteiger partial charge in [0, 0.05) is 31.0 Å². The molecule has 0 saturated carbocycles.